The zero-order valence-corrected chi connectivity index (χ0v) is 14.8. The van der Waals surface area contributed by atoms with Crippen molar-refractivity contribution >= 4 is 22.8 Å². The number of aromatic amines is 1. The van der Waals surface area contributed by atoms with Crippen LogP contribution in [0.25, 0.3) is 10.9 Å². The Labute approximate surface area is 148 Å². The molecule has 3 rings (SSSR count). The van der Waals surface area contributed by atoms with Gasteiger partial charge in [0.15, 0.2) is 0 Å². The minimum Gasteiger partial charge on any atom is -0.481 e. The molecule has 1 aliphatic heterocycles. The van der Waals surface area contributed by atoms with E-state index >= 15 is 0 Å². The normalized spacial score (nSPS) is 17.8. The molecular formula is C20H26N2O3. The molecule has 0 spiro atoms. The van der Waals surface area contributed by atoms with Crippen LogP contribution < -0.4 is 0 Å². The van der Waals surface area contributed by atoms with Gasteiger partial charge in [0, 0.05) is 36.6 Å². The van der Waals surface area contributed by atoms with Gasteiger partial charge in [0.05, 0.1) is 6.42 Å². The molecule has 5 nitrogen and oxygen atoms in total. The Morgan fingerprint density at radius 2 is 2.16 bits per heavy atom. The largest absolute Gasteiger partial charge is 0.481 e. The summed E-state index contributed by atoms with van der Waals surface area (Å²) in [5.74, 6) is -0.305. The van der Waals surface area contributed by atoms with Crippen molar-refractivity contribution in [1.82, 2.24) is 9.88 Å². The molecule has 1 aromatic heterocycles. The maximum Gasteiger partial charge on any atom is 0.303 e. The number of piperidine rings is 1. The highest BCUT2D eigenvalue weighted by Gasteiger charge is 2.24. The Morgan fingerprint density at radius 1 is 1.32 bits per heavy atom. The van der Waals surface area contributed by atoms with Crippen LogP contribution in [0.15, 0.2) is 24.4 Å². The second-order valence-electron chi connectivity index (χ2n) is 6.96. The van der Waals surface area contributed by atoms with E-state index in [0.29, 0.717) is 25.3 Å². The van der Waals surface area contributed by atoms with Crippen molar-refractivity contribution in [2.75, 3.05) is 13.1 Å². The van der Waals surface area contributed by atoms with Gasteiger partial charge in [-0.25, -0.2) is 0 Å². The fraction of sp³-hybridized carbons (Fsp3) is 0.500. The van der Waals surface area contributed by atoms with Crippen molar-refractivity contribution in [3.05, 3.63) is 35.5 Å². The van der Waals surface area contributed by atoms with Crippen LogP contribution in [0.2, 0.25) is 0 Å². The quantitative estimate of drug-likeness (QED) is 0.845. The smallest absolute Gasteiger partial charge is 0.303 e. The summed E-state index contributed by atoms with van der Waals surface area (Å²) in [5.41, 5.74) is 3.44. The second-order valence-corrected chi connectivity index (χ2v) is 6.96. The van der Waals surface area contributed by atoms with Crippen molar-refractivity contribution in [2.45, 2.75) is 45.4 Å². The molecule has 2 N–H and O–H groups in total. The first-order valence-electron chi connectivity index (χ1n) is 9.16. The predicted molar refractivity (Wildman–Crippen MR) is 97.6 cm³/mol. The summed E-state index contributed by atoms with van der Waals surface area (Å²) < 4.78 is 0. The number of carboxylic acids is 1. The Morgan fingerprint density at radius 3 is 2.92 bits per heavy atom. The van der Waals surface area contributed by atoms with E-state index < -0.39 is 5.97 Å². The number of rotatable bonds is 6. The highest BCUT2D eigenvalue weighted by atomic mass is 16.4. The zero-order valence-electron chi connectivity index (χ0n) is 14.8. The molecule has 1 saturated heterocycles. The minimum absolute atomic E-state index is 0.142. The molecule has 1 aromatic carbocycles. The van der Waals surface area contributed by atoms with E-state index in [0.717, 1.165) is 42.3 Å². The van der Waals surface area contributed by atoms with E-state index in [1.54, 1.807) is 0 Å². The average Bonchev–Trinajstić information content (AvgIpc) is 3.03. The summed E-state index contributed by atoms with van der Waals surface area (Å²) in [6.45, 7) is 3.60. The van der Waals surface area contributed by atoms with Crippen LogP contribution in [-0.4, -0.2) is 40.0 Å². The molecular weight excluding hydrogens is 316 g/mol. The summed E-state index contributed by atoms with van der Waals surface area (Å²) in [4.78, 5) is 28.7. The van der Waals surface area contributed by atoms with E-state index in [2.05, 4.69) is 24.0 Å². The Kier molecular flexibility index (Phi) is 5.41. The van der Waals surface area contributed by atoms with Crippen LogP contribution >= 0.6 is 0 Å². The standard InChI is InChI=1S/C20H26N2O3/c1-2-15-6-3-7-17-16(12-21-20(15)17)11-18(23)22-10-4-5-14(13-22)8-9-19(24)25/h3,6-7,12,14,21H,2,4-5,8-11,13H2,1H3,(H,24,25). The highest BCUT2D eigenvalue weighted by Crippen LogP contribution is 2.25. The van der Waals surface area contributed by atoms with E-state index in [1.807, 2.05) is 17.2 Å². The van der Waals surface area contributed by atoms with Gasteiger partial charge in [0.2, 0.25) is 5.91 Å². The summed E-state index contributed by atoms with van der Waals surface area (Å²) in [6.07, 6.45) is 6.14. The number of aliphatic carboxylic acids is 1. The van der Waals surface area contributed by atoms with Crippen molar-refractivity contribution < 1.29 is 14.7 Å². The maximum atomic E-state index is 12.7. The van der Waals surface area contributed by atoms with Crippen LogP contribution in [0.3, 0.4) is 0 Å². The van der Waals surface area contributed by atoms with E-state index in [9.17, 15) is 9.59 Å². The van der Waals surface area contributed by atoms with Crippen molar-refractivity contribution in [2.24, 2.45) is 5.92 Å². The van der Waals surface area contributed by atoms with Crippen LogP contribution in [-0.2, 0) is 22.4 Å². The molecule has 2 aromatic rings. The molecule has 5 heteroatoms. The van der Waals surface area contributed by atoms with Gasteiger partial charge in [0.1, 0.15) is 0 Å². The monoisotopic (exact) mass is 342 g/mol. The number of nitrogens with zero attached hydrogens (tertiary/aromatic N) is 1. The number of amides is 1. The van der Waals surface area contributed by atoms with Gasteiger partial charge < -0.3 is 15.0 Å². The number of aryl methyl sites for hydroxylation is 1. The number of H-pyrrole nitrogens is 1. The number of nitrogens with one attached hydrogen (secondary N) is 1. The first-order valence-corrected chi connectivity index (χ1v) is 9.16. The third kappa shape index (κ3) is 4.03. The fourth-order valence-corrected chi connectivity index (χ4v) is 3.85. The first kappa shape index (κ1) is 17.5. The third-order valence-corrected chi connectivity index (χ3v) is 5.25. The summed E-state index contributed by atoms with van der Waals surface area (Å²) in [7, 11) is 0. The third-order valence-electron chi connectivity index (χ3n) is 5.25. The molecule has 2 heterocycles. The molecule has 1 unspecified atom stereocenters. The van der Waals surface area contributed by atoms with Crippen molar-refractivity contribution in [1.29, 1.82) is 0 Å². The lowest BCUT2D eigenvalue weighted by Gasteiger charge is -2.32. The van der Waals surface area contributed by atoms with E-state index in [-0.39, 0.29) is 12.3 Å². The van der Waals surface area contributed by atoms with Gasteiger partial charge in [-0.1, -0.05) is 25.1 Å². The molecule has 1 fully saturated rings. The number of likely N-dealkylation sites (tertiary alicyclic amines) is 1. The molecule has 0 saturated carbocycles. The van der Waals surface area contributed by atoms with E-state index in [1.165, 1.54) is 5.56 Å². The Balaban J connectivity index is 1.67. The summed E-state index contributed by atoms with van der Waals surface area (Å²) >= 11 is 0. The molecule has 25 heavy (non-hydrogen) atoms. The number of hydrogen-bond acceptors (Lipinski definition) is 2. The van der Waals surface area contributed by atoms with Crippen LogP contribution in [0.4, 0.5) is 0 Å². The number of aromatic nitrogens is 1. The fourth-order valence-electron chi connectivity index (χ4n) is 3.85. The lowest BCUT2D eigenvalue weighted by Crippen LogP contribution is -2.40. The number of benzene rings is 1. The SMILES string of the molecule is CCc1cccc2c(CC(=O)N3CCCC(CCC(=O)O)C3)c[nH]c12. The Bertz CT molecular complexity index is 765. The maximum absolute atomic E-state index is 12.7. The number of carboxylic acid groups (broad SMARTS) is 1. The number of fused-ring (bicyclic) bond motifs is 1. The van der Waals surface area contributed by atoms with Crippen molar-refractivity contribution in [3.63, 3.8) is 0 Å². The lowest BCUT2D eigenvalue weighted by atomic mass is 9.93. The van der Waals surface area contributed by atoms with Crippen LogP contribution in [0.1, 0.15) is 43.7 Å². The van der Waals surface area contributed by atoms with Gasteiger partial charge in [-0.3, -0.25) is 9.59 Å². The van der Waals surface area contributed by atoms with Gasteiger partial charge in [-0.05, 0) is 42.7 Å². The zero-order chi connectivity index (χ0) is 17.8. The number of para-hydroxylation sites is 1. The van der Waals surface area contributed by atoms with E-state index in [4.69, 9.17) is 5.11 Å². The van der Waals surface area contributed by atoms with Crippen molar-refractivity contribution in [3.8, 4) is 0 Å². The van der Waals surface area contributed by atoms with Gasteiger partial charge in [-0.15, -0.1) is 0 Å². The van der Waals surface area contributed by atoms with Gasteiger partial charge >= 0.3 is 5.97 Å². The summed E-state index contributed by atoms with van der Waals surface area (Å²) in [5, 5.41) is 9.98. The highest BCUT2D eigenvalue weighted by molar-refractivity contribution is 5.90. The average molecular weight is 342 g/mol. The first-order chi connectivity index (χ1) is 12.1. The van der Waals surface area contributed by atoms with Gasteiger partial charge in [0.25, 0.3) is 0 Å². The van der Waals surface area contributed by atoms with Crippen LogP contribution in [0.5, 0.6) is 0 Å². The topological polar surface area (TPSA) is 73.4 Å². The molecule has 0 radical (unpaired) electrons. The second kappa shape index (κ2) is 7.72. The molecule has 1 aliphatic rings. The predicted octanol–water partition coefficient (Wildman–Crippen LogP) is 3.38. The lowest BCUT2D eigenvalue weighted by molar-refractivity contribution is -0.137. The number of carbonyl (C=O) groups is 2. The molecule has 0 aliphatic carbocycles. The minimum atomic E-state index is -0.756. The summed E-state index contributed by atoms with van der Waals surface area (Å²) in [6, 6.07) is 6.23. The Hall–Kier alpha value is -2.30. The number of carbonyl (C=O) groups excluding carboxylic acids is 1. The molecule has 1 amide bonds. The van der Waals surface area contributed by atoms with Gasteiger partial charge in [-0.2, -0.15) is 0 Å². The molecule has 0 bridgehead atoms. The van der Waals surface area contributed by atoms with Crippen LogP contribution in [0, 0.1) is 5.92 Å². The molecule has 1 atom stereocenters. The number of hydrogen-bond donors (Lipinski definition) is 2. The molecule has 134 valence electrons.